The molecule has 0 saturated carbocycles. The molecule has 19 heavy (non-hydrogen) atoms. The number of H-pyrrole nitrogens is 1. The van der Waals surface area contributed by atoms with Crippen molar-refractivity contribution < 1.29 is 0 Å². The Morgan fingerprint density at radius 2 is 1.89 bits per heavy atom. The smallest absolute Gasteiger partial charge is 0.0462 e. The van der Waals surface area contributed by atoms with Gasteiger partial charge >= 0.3 is 0 Å². The average Bonchev–Trinajstić information content (AvgIpc) is 2.71. The molecule has 0 aliphatic heterocycles. The average molecular weight is 256 g/mol. The molecule has 2 aromatic rings. The molecule has 1 aliphatic carbocycles. The van der Waals surface area contributed by atoms with Crippen LogP contribution in [0.3, 0.4) is 0 Å². The van der Waals surface area contributed by atoms with Crippen molar-refractivity contribution in [2.24, 2.45) is 5.73 Å². The Hall–Kier alpha value is -1.28. The van der Waals surface area contributed by atoms with Crippen molar-refractivity contribution in [2.75, 3.05) is 0 Å². The molecule has 1 heterocycles. The molecular formula is C17H24N2. The third kappa shape index (κ3) is 2.18. The summed E-state index contributed by atoms with van der Waals surface area (Å²) in [5.41, 5.74) is 13.3. The molecule has 0 bridgehead atoms. The van der Waals surface area contributed by atoms with Gasteiger partial charge in [-0.2, -0.15) is 0 Å². The molecule has 1 unspecified atom stereocenters. The lowest BCUT2D eigenvalue weighted by Crippen LogP contribution is -2.10. The molecule has 1 aliphatic rings. The van der Waals surface area contributed by atoms with Gasteiger partial charge in [0, 0.05) is 22.6 Å². The van der Waals surface area contributed by atoms with Gasteiger partial charge in [0.1, 0.15) is 0 Å². The molecule has 3 N–H and O–H groups in total. The number of fused-ring (bicyclic) bond motifs is 2. The van der Waals surface area contributed by atoms with E-state index in [-0.39, 0.29) is 6.04 Å². The Bertz CT molecular complexity index is 595. The van der Waals surface area contributed by atoms with Crippen molar-refractivity contribution in [2.45, 2.75) is 58.4 Å². The van der Waals surface area contributed by atoms with E-state index in [0.717, 1.165) is 12.8 Å². The van der Waals surface area contributed by atoms with Gasteiger partial charge in [0.05, 0.1) is 0 Å². The van der Waals surface area contributed by atoms with E-state index in [1.807, 2.05) is 0 Å². The first-order chi connectivity index (χ1) is 9.20. The fraction of sp³-hybridized carbons (Fsp3) is 0.529. The molecule has 0 fully saturated rings. The zero-order valence-corrected chi connectivity index (χ0v) is 12.1. The monoisotopic (exact) mass is 256 g/mol. The molecule has 1 atom stereocenters. The van der Waals surface area contributed by atoms with Crippen LogP contribution in [0.1, 0.15) is 61.0 Å². The van der Waals surface area contributed by atoms with Gasteiger partial charge in [-0.1, -0.05) is 13.3 Å². The summed E-state index contributed by atoms with van der Waals surface area (Å²) in [5, 5.41) is 1.36. The van der Waals surface area contributed by atoms with Crippen LogP contribution in [0.25, 0.3) is 10.9 Å². The van der Waals surface area contributed by atoms with Crippen LogP contribution in [0.2, 0.25) is 0 Å². The molecule has 0 spiro atoms. The Labute approximate surface area is 115 Å². The maximum atomic E-state index is 6.37. The van der Waals surface area contributed by atoms with Gasteiger partial charge in [-0.15, -0.1) is 0 Å². The zero-order valence-electron chi connectivity index (χ0n) is 12.1. The second kappa shape index (κ2) is 5.01. The highest BCUT2D eigenvalue weighted by Crippen LogP contribution is 2.33. The summed E-state index contributed by atoms with van der Waals surface area (Å²) in [6, 6.07) is 4.93. The van der Waals surface area contributed by atoms with E-state index in [1.165, 1.54) is 53.4 Å². The third-order valence-electron chi connectivity index (χ3n) is 4.47. The third-order valence-corrected chi connectivity index (χ3v) is 4.47. The highest BCUT2D eigenvalue weighted by Gasteiger charge is 2.18. The van der Waals surface area contributed by atoms with Crippen LogP contribution in [-0.2, 0) is 12.8 Å². The lowest BCUT2D eigenvalue weighted by atomic mass is 9.89. The second-order valence-electron chi connectivity index (χ2n) is 5.93. The highest BCUT2D eigenvalue weighted by atomic mass is 14.7. The van der Waals surface area contributed by atoms with Gasteiger partial charge < -0.3 is 10.7 Å². The highest BCUT2D eigenvalue weighted by molar-refractivity contribution is 5.86. The van der Waals surface area contributed by atoms with Crippen molar-refractivity contribution in [3.05, 3.63) is 34.5 Å². The van der Waals surface area contributed by atoms with Crippen molar-refractivity contribution in [3.8, 4) is 0 Å². The Kier molecular flexibility index (Phi) is 3.36. The van der Waals surface area contributed by atoms with Crippen molar-refractivity contribution in [1.82, 2.24) is 4.98 Å². The Balaban J connectivity index is 2.14. The summed E-state index contributed by atoms with van der Waals surface area (Å²) in [4.78, 5) is 3.54. The molecule has 1 aromatic carbocycles. The molecule has 3 rings (SSSR count). The molecule has 1 aromatic heterocycles. The van der Waals surface area contributed by atoms with Crippen LogP contribution in [0, 0.1) is 6.92 Å². The van der Waals surface area contributed by atoms with Crippen LogP contribution < -0.4 is 5.73 Å². The first kappa shape index (κ1) is 12.7. The number of aromatic amines is 1. The summed E-state index contributed by atoms with van der Waals surface area (Å²) < 4.78 is 0. The maximum Gasteiger partial charge on any atom is 0.0462 e. The fourth-order valence-corrected chi connectivity index (χ4v) is 3.52. The molecule has 102 valence electrons. The normalized spacial score (nSPS) is 16.6. The quantitative estimate of drug-likeness (QED) is 0.851. The number of nitrogens with one attached hydrogen (secondary N) is 1. The van der Waals surface area contributed by atoms with Crippen LogP contribution in [0.4, 0.5) is 0 Å². The molecule has 0 saturated heterocycles. The predicted molar refractivity (Wildman–Crippen MR) is 81.5 cm³/mol. The first-order valence-electron chi connectivity index (χ1n) is 7.60. The minimum Gasteiger partial charge on any atom is -0.358 e. The van der Waals surface area contributed by atoms with Crippen LogP contribution in [-0.4, -0.2) is 4.98 Å². The summed E-state index contributed by atoms with van der Waals surface area (Å²) in [7, 11) is 0. The number of hydrogen-bond donors (Lipinski definition) is 2. The number of nitrogens with two attached hydrogens (primary N) is 1. The number of rotatable bonds is 3. The lowest BCUT2D eigenvalue weighted by molar-refractivity contribution is 0.639. The van der Waals surface area contributed by atoms with E-state index >= 15 is 0 Å². The van der Waals surface area contributed by atoms with E-state index in [4.69, 9.17) is 5.73 Å². The van der Waals surface area contributed by atoms with Crippen LogP contribution >= 0.6 is 0 Å². The maximum absolute atomic E-state index is 6.37. The number of aryl methyl sites for hydroxylation is 3. The molecule has 2 nitrogen and oxygen atoms in total. The van der Waals surface area contributed by atoms with Crippen molar-refractivity contribution in [1.29, 1.82) is 0 Å². The van der Waals surface area contributed by atoms with E-state index in [9.17, 15) is 0 Å². The minimum absolute atomic E-state index is 0.167. The Morgan fingerprint density at radius 1 is 1.21 bits per heavy atom. The molecule has 0 radical (unpaired) electrons. The summed E-state index contributed by atoms with van der Waals surface area (Å²) in [6.45, 7) is 4.36. The minimum atomic E-state index is 0.167. The molecule has 0 amide bonds. The van der Waals surface area contributed by atoms with Crippen molar-refractivity contribution in [3.63, 3.8) is 0 Å². The molecule has 2 heteroatoms. The topological polar surface area (TPSA) is 41.8 Å². The van der Waals surface area contributed by atoms with E-state index in [0.29, 0.717) is 0 Å². The summed E-state index contributed by atoms with van der Waals surface area (Å²) >= 11 is 0. The van der Waals surface area contributed by atoms with Crippen molar-refractivity contribution >= 4 is 10.9 Å². The predicted octanol–water partition coefficient (Wildman–Crippen LogP) is 4.16. The standard InChI is InChI=1S/C17H24N2/c1-3-6-15(18)17-11(2)19-16-10-13-8-5-4-7-12(13)9-14(16)17/h9-10,15,19H,3-8,18H2,1-2H3. The van der Waals surface area contributed by atoms with Gasteiger partial charge in [-0.3, -0.25) is 0 Å². The van der Waals surface area contributed by atoms with Gasteiger partial charge in [-0.05, 0) is 67.9 Å². The fourth-order valence-electron chi connectivity index (χ4n) is 3.52. The van der Waals surface area contributed by atoms with E-state index in [2.05, 4.69) is 31.0 Å². The number of hydrogen-bond acceptors (Lipinski definition) is 1. The van der Waals surface area contributed by atoms with Gasteiger partial charge in [0.25, 0.3) is 0 Å². The van der Waals surface area contributed by atoms with Gasteiger partial charge in [-0.25, -0.2) is 0 Å². The second-order valence-corrected chi connectivity index (χ2v) is 5.93. The largest absolute Gasteiger partial charge is 0.358 e. The van der Waals surface area contributed by atoms with E-state index < -0.39 is 0 Å². The lowest BCUT2D eigenvalue weighted by Gasteiger charge is -2.16. The zero-order chi connectivity index (χ0) is 13.4. The molecular weight excluding hydrogens is 232 g/mol. The van der Waals surface area contributed by atoms with Gasteiger partial charge in [0.2, 0.25) is 0 Å². The van der Waals surface area contributed by atoms with Crippen LogP contribution in [0.5, 0.6) is 0 Å². The number of benzene rings is 1. The van der Waals surface area contributed by atoms with Gasteiger partial charge in [0.15, 0.2) is 0 Å². The summed E-state index contributed by atoms with van der Waals surface area (Å²) in [5.74, 6) is 0. The SMILES string of the molecule is CCCC(N)c1c(C)[nH]c2cc3c(cc12)CCCC3. The van der Waals surface area contributed by atoms with E-state index in [1.54, 1.807) is 5.56 Å². The Morgan fingerprint density at radius 3 is 2.58 bits per heavy atom. The first-order valence-corrected chi connectivity index (χ1v) is 7.60. The summed E-state index contributed by atoms with van der Waals surface area (Å²) in [6.07, 6.45) is 7.33. The van der Waals surface area contributed by atoms with Crippen LogP contribution in [0.15, 0.2) is 12.1 Å². The number of aromatic nitrogens is 1.